The lowest BCUT2D eigenvalue weighted by Gasteiger charge is -2.29. The summed E-state index contributed by atoms with van der Waals surface area (Å²) >= 11 is 0. The predicted molar refractivity (Wildman–Crippen MR) is 48.1 cm³/mol. The van der Waals surface area contributed by atoms with Crippen molar-refractivity contribution in [2.24, 2.45) is 10.8 Å². The van der Waals surface area contributed by atoms with Gasteiger partial charge in [-0.25, -0.2) is 0 Å². The smallest absolute Gasteiger partial charge is 0.0684 e. The Labute approximate surface area is 70.4 Å². The molecule has 0 aromatic heterocycles. The van der Waals surface area contributed by atoms with Crippen molar-refractivity contribution in [3.05, 3.63) is 0 Å². The van der Waals surface area contributed by atoms with E-state index in [-0.39, 0.29) is 5.41 Å². The van der Waals surface area contributed by atoms with E-state index in [1.165, 1.54) is 0 Å². The zero-order chi connectivity index (χ0) is 9.12. The van der Waals surface area contributed by atoms with Gasteiger partial charge in [-0.05, 0) is 25.7 Å². The van der Waals surface area contributed by atoms with Crippen LogP contribution in [0, 0.1) is 22.2 Å². The highest BCUT2D eigenvalue weighted by Gasteiger charge is 2.26. The van der Waals surface area contributed by atoms with Crippen molar-refractivity contribution in [3.8, 4) is 6.07 Å². The summed E-state index contributed by atoms with van der Waals surface area (Å²) in [5.41, 5.74) is 0.138. The number of nitrogens with zero attached hydrogens (tertiary/aromatic N) is 1. The van der Waals surface area contributed by atoms with E-state index in [0.29, 0.717) is 5.41 Å². The molecule has 0 aromatic carbocycles. The molecule has 11 heavy (non-hydrogen) atoms. The summed E-state index contributed by atoms with van der Waals surface area (Å²) in [5, 5.41) is 8.80. The topological polar surface area (TPSA) is 23.8 Å². The fraction of sp³-hybridized carbons (Fsp3) is 0.900. The van der Waals surface area contributed by atoms with E-state index in [0.717, 1.165) is 12.8 Å². The number of nitriles is 1. The molecular formula is C10H19N. The Morgan fingerprint density at radius 1 is 1.18 bits per heavy atom. The minimum atomic E-state index is -0.167. The molecule has 0 bridgehead atoms. The van der Waals surface area contributed by atoms with E-state index < -0.39 is 0 Å². The molecule has 0 rings (SSSR count). The molecule has 0 atom stereocenters. The van der Waals surface area contributed by atoms with Gasteiger partial charge in [-0.15, -0.1) is 0 Å². The van der Waals surface area contributed by atoms with Crippen LogP contribution >= 0.6 is 0 Å². The third-order valence-electron chi connectivity index (χ3n) is 2.18. The van der Waals surface area contributed by atoms with Crippen LogP contribution in [0.3, 0.4) is 0 Å². The van der Waals surface area contributed by atoms with Crippen LogP contribution in [-0.4, -0.2) is 0 Å². The Morgan fingerprint density at radius 3 is 1.91 bits per heavy atom. The van der Waals surface area contributed by atoms with Gasteiger partial charge < -0.3 is 0 Å². The zero-order valence-electron chi connectivity index (χ0n) is 8.36. The third-order valence-corrected chi connectivity index (χ3v) is 2.18. The molecule has 0 aliphatic rings. The summed E-state index contributed by atoms with van der Waals surface area (Å²) in [6.45, 7) is 10.6. The predicted octanol–water partition coefficient (Wildman–Crippen LogP) is 3.36. The minimum absolute atomic E-state index is 0.167. The second kappa shape index (κ2) is 3.26. The quantitative estimate of drug-likeness (QED) is 0.610. The van der Waals surface area contributed by atoms with Crippen LogP contribution in [0.1, 0.15) is 47.5 Å². The van der Waals surface area contributed by atoms with Gasteiger partial charge in [0.25, 0.3) is 0 Å². The molecule has 0 aliphatic heterocycles. The maximum atomic E-state index is 8.80. The van der Waals surface area contributed by atoms with Crippen LogP contribution in [0.4, 0.5) is 0 Å². The Morgan fingerprint density at radius 2 is 1.64 bits per heavy atom. The molecule has 0 spiro atoms. The number of hydrogen-bond acceptors (Lipinski definition) is 1. The second-order valence-electron chi connectivity index (χ2n) is 4.69. The Balaban J connectivity index is 4.16. The average Bonchev–Trinajstić information content (AvgIpc) is 1.86. The molecule has 0 aromatic rings. The van der Waals surface area contributed by atoms with E-state index >= 15 is 0 Å². The largest absolute Gasteiger partial charge is 0.198 e. The average molecular weight is 153 g/mol. The van der Waals surface area contributed by atoms with Gasteiger partial charge in [0.1, 0.15) is 0 Å². The molecule has 1 nitrogen and oxygen atoms in total. The molecule has 0 aliphatic carbocycles. The molecule has 0 amide bonds. The molecule has 0 radical (unpaired) electrons. The van der Waals surface area contributed by atoms with E-state index in [4.69, 9.17) is 5.26 Å². The first-order valence-electron chi connectivity index (χ1n) is 4.24. The monoisotopic (exact) mass is 153 g/mol. The summed E-state index contributed by atoms with van der Waals surface area (Å²) < 4.78 is 0. The summed E-state index contributed by atoms with van der Waals surface area (Å²) in [4.78, 5) is 0. The summed E-state index contributed by atoms with van der Waals surface area (Å²) in [6, 6.07) is 2.33. The maximum Gasteiger partial charge on any atom is 0.0684 e. The number of hydrogen-bond donors (Lipinski definition) is 0. The fourth-order valence-electron chi connectivity index (χ4n) is 1.36. The third kappa shape index (κ3) is 4.03. The first-order valence-corrected chi connectivity index (χ1v) is 4.24. The Kier molecular flexibility index (Phi) is 3.11. The SMILES string of the molecule is CCC(C)(C)CC(C)(C)C#N. The molecule has 64 valence electrons. The molecule has 0 fully saturated rings. The van der Waals surface area contributed by atoms with Gasteiger partial charge in [0.2, 0.25) is 0 Å². The van der Waals surface area contributed by atoms with Gasteiger partial charge in [0.05, 0.1) is 11.5 Å². The van der Waals surface area contributed by atoms with Crippen LogP contribution in [0.15, 0.2) is 0 Å². The van der Waals surface area contributed by atoms with Gasteiger partial charge >= 0.3 is 0 Å². The normalized spacial score (nSPS) is 12.7. The van der Waals surface area contributed by atoms with Crippen molar-refractivity contribution < 1.29 is 0 Å². The van der Waals surface area contributed by atoms with Crippen LogP contribution < -0.4 is 0 Å². The lowest BCUT2D eigenvalue weighted by molar-refractivity contribution is 0.235. The molecule has 0 heterocycles. The summed E-state index contributed by atoms with van der Waals surface area (Å²) in [5.74, 6) is 0. The molecule has 0 saturated carbocycles. The number of rotatable bonds is 3. The first-order chi connectivity index (χ1) is 4.83. The van der Waals surface area contributed by atoms with Crippen molar-refractivity contribution in [2.45, 2.75) is 47.5 Å². The highest BCUT2D eigenvalue weighted by atomic mass is 14.4. The van der Waals surface area contributed by atoms with Crippen LogP contribution in [0.5, 0.6) is 0 Å². The highest BCUT2D eigenvalue weighted by molar-refractivity contribution is 4.94. The molecule has 1 heteroatoms. The van der Waals surface area contributed by atoms with Crippen molar-refractivity contribution in [2.75, 3.05) is 0 Å². The van der Waals surface area contributed by atoms with Crippen molar-refractivity contribution in [1.29, 1.82) is 5.26 Å². The van der Waals surface area contributed by atoms with E-state index in [1.807, 2.05) is 13.8 Å². The molecule has 0 saturated heterocycles. The highest BCUT2D eigenvalue weighted by Crippen LogP contribution is 2.35. The first kappa shape index (κ1) is 10.5. The minimum Gasteiger partial charge on any atom is -0.198 e. The molecular weight excluding hydrogens is 134 g/mol. The standard InChI is InChI=1S/C10H19N/c1-6-9(2,3)7-10(4,5)8-11/h6-7H2,1-5H3. The van der Waals surface area contributed by atoms with Gasteiger partial charge in [0, 0.05) is 0 Å². The zero-order valence-corrected chi connectivity index (χ0v) is 8.36. The Hall–Kier alpha value is -0.510. The van der Waals surface area contributed by atoms with Crippen LogP contribution in [-0.2, 0) is 0 Å². The second-order valence-corrected chi connectivity index (χ2v) is 4.69. The van der Waals surface area contributed by atoms with E-state index in [2.05, 4.69) is 26.8 Å². The lowest BCUT2D eigenvalue weighted by Crippen LogP contribution is -2.20. The van der Waals surface area contributed by atoms with Gasteiger partial charge in [-0.1, -0.05) is 27.2 Å². The van der Waals surface area contributed by atoms with Crippen LogP contribution in [0.25, 0.3) is 0 Å². The Bertz CT molecular complexity index is 160. The molecule has 0 unspecified atom stereocenters. The van der Waals surface area contributed by atoms with Crippen LogP contribution in [0.2, 0.25) is 0 Å². The summed E-state index contributed by atoms with van der Waals surface area (Å²) in [7, 11) is 0. The van der Waals surface area contributed by atoms with Gasteiger partial charge in [-0.2, -0.15) is 5.26 Å². The molecule has 0 N–H and O–H groups in total. The maximum absolute atomic E-state index is 8.80. The van der Waals surface area contributed by atoms with E-state index in [9.17, 15) is 0 Å². The fourth-order valence-corrected chi connectivity index (χ4v) is 1.36. The summed E-state index contributed by atoms with van der Waals surface area (Å²) in [6.07, 6.45) is 2.12. The lowest BCUT2D eigenvalue weighted by atomic mass is 9.74. The van der Waals surface area contributed by atoms with Crippen molar-refractivity contribution >= 4 is 0 Å². The van der Waals surface area contributed by atoms with Crippen molar-refractivity contribution in [3.63, 3.8) is 0 Å². The van der Waals surface area contributed by atoms with Gasteiger partial charge in [0.15, 0.2) is 0 Å². The van der Waals surface area contributed by atoms with Gasteiger partial charge in [-0.3, -0.25) is 0 Å². The van der Waals surface area contributed by atoms with Crippen molar-refractivity contribution in [1.82, 2.24) is 0 Å². The van der Waals surface area contributed by atoms with E-state index in [1.54, 1.807) is 0 Å².